The van der Waals surface area contributed by atoms with Gasteiger partial charge in [0.1, 0.15) is 0 Å². The molecule has 0 aromatic heterocycles. The number of hydrogen-bond donors (Lipinski definition) is 1. The second-order valence-electron chi connectivity index (χ2n) is 4.67. The molecule has 1 fully saturated rings. The Balaban J connectivity index is 1.75. The highest BCUT2D eigenvalue weighted by Crippen LogP contribution is 2.18. The summed E-state index contributed by atoms with van der Waals surface area (Å²) in [6.45, 7) is 4.18. The van der Waals surface area contributed by atoms with Crippen LogP contribution in [0.2, 0.25) is 6.82 Å². The molecule has 4 heteroatoms. The molecule has 17 heavy (non-hydrogen) atoms. The van der Waals surface area contributed by atoms with Crippen LogP contribution in [-0.2, 0) is 11.3 Å². The Hall–Kier alpha value is -0.835. The number of rotatable bonds is 5. The van der Waals surface area contributed by atoms with Crippen LogP contribution in [-0.4, -0.2) is 36.1 Å². The van der Waals surface area contributed by atoms with Gasteiger partial charge in [0.2, 0.25) is 0 Å². The lowest BCUT2D eigenvalue weighted by Crippen LogP contribution is -2.42. The smallest absolute Gasteiger partial charge is 0.376 e. The zero-order valence-electron chi connectivity index (χ0n) is 10.4. The van der Waals surface area contributed by atoms with Gasteiger partial charge in [-0.2, -0.15) is 0 Å². The van der Waals surface area contributed by atoms with E-state index >= 15 is 0 Å². The van der Waals surface area contributed by atoms with E-state index in [1.807, 2.05) is 25.0 Å². The maximum Gasteiger partial charge on any atom is 0.376 e. The van der Waals surface area contributed by atoms with E-state index < -0.39 is 0 Å². The molecule has 0 radical (unpaired) electrons. The molecule has 1 heterocycles. The zero-order valence-corrected chi connectivity index (χ0v) is 10.4. The third-order valence-corrected chi connectivity index (χ3v) is 3.32. The van der Waals surface area contributed by atoms with Gasteiger partial charge in [-0.15, -0.1) is 0 Å². The molecule has 0 amide bonds. The summed E-state index contributed by atoms with van der Waals surface area (Å²) in [5, 5.41) is 9.61. The van der Waals surface area contributed by atoms with Crippen molar-refractivity contribution in [3.05, 3.63) is 35.9 Å². The molecule has 0 spiro atoms. The van der Waals surface area contributed by atoms with Gasteiger partial charge in [-0.25, -0.2) is 0 Å². The average molecular weight is 233 g/mol. The van der Waals surface area contributed by atoms with Gasteiger partial charge in [0.25, 0.3) is 0 Å². The standard InChI is InChI=1S/C13H20BNO2/c1-14(16)15-9-5-8-13(15)11-17-10-12-6-3-2-4-7-12/h2-4,6-7,13,16H,5,8-11H2,1H3/t13-/m1/s1. The van der Waals surface area contributed by atoms with Crippen LogP contribution in [0.25, 0.3) is 0 Å². The lowest BCUT2D eigenvalue weighted by molar-refractivity contribution is 0.0835. The highest BCUT2D eigenvalue weighted by Gasteiger charge is 2.29. The molecule has 1 aliphatic heterocycles. The first-order valence-electron chi connectivity index (χ1n) is 6.33. The fourth-order valence-electron chi connectivity index (χ4n) is 2.42. The van der Waals surface area contributed by atoms with Gasteiger partial charge in [-0.3, -0.25) is 0 Å². The minimum absolute atomic E-state index is 0.358. The first-order valence-corrected chi connectivity index (χ1v) is 6.33. The van der Waals surface area contributed by atoms with Crippen molar-refractivity contribution in [3.8, 4) is 0 Å². The third kappa shape index (κ3) is 3.56. The molecule has 1 aromatic rings. The van der Waals surface area contributed by atoms with Crippen molar-refractivity contribution < 1.29 is 9.76 Å². The fourth-order valence-corrected chi connectivity index (χ4v) is 2.42. The van der Waals surface area contributed by atoms with Gasteiger partial charge < -0.3 is 14.6 Å². The Morgan fingerprint density at radius 2 is 2.18 bits per heavy atom. The van der Waals surface area contributed by atoms with E-state index in [0.29, 0.717) is 19.3 Å². The second-order valence-corrected chi connectivity index (χ2v) is 4.67. The molecule has 0 saturated carbocycles. The molecule has 1 aliphatic rings. The predicted molar refractivity (Wildman–Crippen MR) is 69.7 cm³/mol. The van der Waals surface area contributed by atoms with E-state index in [1.54, 1.807) is 0 Å². The van der Waals surface area contributed by atoms with Crippen molar-refractivity contribution in [3.63, 3.8) is 0 Å². The summed E-state index contributed by atoms with van der Waals surface area (Å²) in [5.74, 6) is 0. The van der Waals surface area contributed by atoms with Crippen LogP contribution >= 0.6 is 0 Å². The van der Waals surface area contributed by atoms with Crippen LogP contribution in [0.1, 0.15) is 18.4 Å². The third-order valence-electron chi connectivity index (χ3n) is 3.32. The zero-order chi connectivity index (χ0) is 12.1. The summed E-state index contributed by atoms with van der Waals surface area (Å²) in [6, 6.07) is 10.6. The lowest BCUT2D eigenvalue weighted by Gasteiger charge is -2.24. The summed E-state index contributed by atoms with van der Waals surface area (Å²) in [7, 11) is -0.358. The molecule has 1 saturated heterocycles. The highest BCUT2D eigenvalue weighted by molar-refractivity contribution is 6.45. The normalized spacial score (nSPS) is 20.7. The van der Waals surface area contributed by atoms with Gasteiger partial charge >= 0.3 is 7.05 Å². The fraction of sp³-hybridized carbons (Fsp3) is 0.538. The number of benzene rings is 1. The predicted octanol–water partition coefficient (Wildman–Crippen LogP) is 1.78. The van der Waals surface area contributed by atoms with Gasteiger partial charge in [-0.1, -0.05) is 30.3 Å². The van der Waals surface area contributed by atoms with E-state index in [2.05, 4.69) is 16.9 Å². The molecule has 1 aromatic carbocycles. The van der Waals surface area contributed by atoms with Crippen molar-refractivity contribution in [1.82, 2.24) is 4.81 Å². The molecule has 0 aliphatic carbocycles. The summed E-state index contributed by atoms with van der Waals surface area (Å²) < 4.78 is 5.73. The molecular formula is C13H20BNO2. The maximum absolute atomic E-state index is 9.61. The number of ether oxygens (including phenoxy) is 1. The van der Waals surface area contributed by atoms with Crippen LogP contribution < -0.4 is 0 Å². The first kappa shape index (κ1) is 12.6. The second kappa shape index (κ2) is 6.19. The Kier molecular flexibility index (Phi) is 4.60. The number of nitrogens with zero attached hydrogens (tertiary/aromatic N) is 1. The molecule has 2 rings (SSSR count). The Labute approximate surface area is 104 Å². The monoisotopic (exact) mass is 233 g/mol. The Morgan fingerprint density at radius 1 is 1.41 bits per heavy atom. The van der Waals surface area contributed by atoms with Crippen LogP contribution in [0.5, 0.6) is 0 Å². The Bertz CT molecular complexity index is 331. The van der Waals surface area contributed by atoms with Crippen molar-refractivity contribution >= 4 is 7.05 Å². The van der Waals surface area contributed by atoms with Crippen molar-refractivity contribution in [2.75, 3.05) is 13.2 Å². The SMILES string of the molecule is CB(O)N1CCC[C@@H]1COCc1ccccc1. The van der Waals surface area contributed by atoms with E-state index in [9.17, 15) is 5.02 Å². The van der Waals surface area contributed by atoms with Crippen LogP contribution in [0.15, 0.2) is 30.3 Å². The quantitative estimate of drug-likeness (QED) is 0.787. The molecule has 0 bridgehead atoms. The van der Waals surface area contributed by atoms with Crippen LogP contribution in [0.3, 0.4) is 0 Å². The summed E-state index contributed by atoms with van der Waals surface area (Å²) in [5.41, 5.74) is 1.20. The van der Waals surface area contributed by atoms with E-state index in [4.69, 9.17) is 4.74 Å². The maximum atomic E-state index is 9.61. The van der Waals surface area contributed by atoms with Gasteiger partial charge in [0.05, 0.1) is 13.2 Å². The molecule has 0 unspecified atom stereocenters. The molecule has 1 N–H and O–H groups in total. The summed E-state index contributed by atoms with van der Waals surface area (Å²) in [6.07, 6.45) is 2.28. The average Bonchev–Trinajstić information content (AvgIpc) is 2.79. The van der Waals surface area contributed by atoms with Crippen molar-refractivity contribution in [2.45, 2.75) is 32.3 Å². The molecule has 92 valence electrons. The topological polar surface area (TPSA) is 32.7 Å². The minimum Gasteiger partial charge on any atom is -0.437 e. The van der Waals surface area contributed by atoms with Gasteiger partial charge in [0.15, 0.2) is 0 Å². The minimum atomic E-state index is -0.358. The first-order chi connectivity index (χ1) is 8.27. The van der Waals surface area contributed by atoms with Crippen LogP contribution in [0, 0.1) is 0 Å². The van der Waals surface area contributed by atoms with Crippen molar-refractivity contribution in [1.29, 1.82) is 0 Å². The largest absolute Gasteiger partial charge is 0.437 e. The molecule has 3 nitrogen and oxygen atoms in total. The number of hydrogen-bond acceptors (Lipinski definition) is 3. The van der Waals surface area contributed by atoms with Gasteiger partial charge in [-0.05, 0) is 31.8 Å². The van der Waals surface area contributed by atoms with Crippen LogP contribution in [0.4, 0.5) is 0 Å². The Morgan fingerprint density at radius 3 is 2.88 bits per heavy atom. The highest BCUT2D eigenvalue weighted by atomic mass is 16.5. The molecular weight excluding hydrogens is 213 g/mol. The summed E-state index contributed by atoms with van der Waals surface area (Å²) in [4.78, 5) is 2.12. The van der Waals surface area contributed by atoms with E-state index in [-0.39, 0.29) is 7.05 Å². The molecule has 1 atom stereocenters. The lowest BCUT2D eigenvalue weighted by atomic mass is 9.84. The van der Waals surface area contributed by atoms with Crippen molar-refractivity contribution in [2.24, 2.45) is 0 Å². The van der Waals surface area contributed by atoms with Gasteiger partial charge in [0, 0.05) is 6.04 Å². The van der Waals surface area contributed by atoms with E-state index in [0.717, 1.165) is 19.4 Å². The summed E-state index contributed by atoms with van der Waals surface area (Å²) >= 11 is 0. The van der Waals surface area contributed by atoms with E-state index in [1.165, 1.54) is 5.56 Å².